The zero-order valence-electron chi connectivity index (χ0n) is 21.0. The van der Waals surface area contributed by atoms with Gasteiger partial charge in [0, 0.05) is 38.6 Å². The van der Waals surface area contributed by atoms with Crippen LogP contribution in [-0.4, -0.2) is 46.4 Å². The Morgan fingerprint density at radius 2 is 1.64 bits per heavy atom. The Kier molecular flexibility index (Phi) is 6.12. The first-order valence-corrected chi connectivity index (χ1v) is 12.2. The van der Waals surface area contributed by atoms with E-state index in [0.29, 0.717) is 27.9 Å². The van der Waals surface area contributed by atoms with Gasteiger partial charge >= 0.3 is 5.69 Å². The van der Waals surface area contributed by atoms with Crippen molar-refractivity contribution in [2.75, 3.05) is 32.2 Å². The quantitative estimate of drug-likeness (QED) is 0.388. The Morgan fingerprint density at radius 3 is 2.31 bits per heavy atom. The van der Waals surface area contributed by atoms with Crippen LogP contribution in [0.3, 0.4) is 0 Å². The standard InChI is InChI=1S/C26H28ClN5O4/c1-14-6-7-18-22(24(33)31(3)26(34)30(18)2)21(14)15-8-10-32(11-9-15)23-16-12-19(35-4)20(36-5)13-17(16)28-25(27)29-23/h6-7,12-13,15H,8-11H2,1-5H3. The van der Waals surface area contributed by atoms with E-state index in [1.54, 1.807) is 31.9 Å². The molecule has 3 heterocycles. The lowest BCUT2D eigenvalue weighted by Gasteiger charge is -2.34. The minimum Gasteiger partial charge on any atom is -0.493 e. The highest BCUT2D eigenvalue weighted by Gasteiger charge is 2.28. The first kappa shape index (κ1) is 24.1. The molecule has 0 saturated carbocycles. The zero-order valence-corrected chi connectivity index (χ0v) is 21.7. The van der Waals surface area contributed by atoms with Crippen molar-refractivity contribution >= 4 is 39.2 Å². The van der Waals surface area contributed by atoms with E-state index in [1.165, 1.54) is 11.6 Å². The second-order valence-electron chi connectivity index (χ2n) is 9.20. The van der Waals surface area contributed by atoms with Crippen LogP contribution in [0.1, 0.15) is 29.9 Å². The Morgan fingerprint density at radius 1 is 0.972 bits per heavy atom. The van der Waals surface area contributed by atoms with Gasteiger partial charge in [-0.2, -0.15) is 4.98 Å². The van der Waals surface area contributed by atoms with Crippen LogP contribution in [0.15, 0.2) is 33.9 Å². The maximum atomic E-state index is 13.2. The van der Waals surface area contributed by atoms with E-state index in [1.807, 2.05) is 25.1 Å². The summed E-state index contributed by atoms with van der Waals surface area (Å²) >= 11 is 6.30. The molecule has 0 radical (unpaired) electrons. The topological polar surface area (TPSA) is 91.5 Å². The number of hydrogen-bond donors (Lipinski definition) is 0. The fourth-order valence-electron chi connectivity index (χ4n) is 5.36. The van der Waals surface area contributed by atoms with E-state index in [0.717, 1.165) is 48.3 Å². The number of piperidine rings is 1. The maximum Gasteiger partial charge on any atom is 0.330 e. The average Bonchev–Trinajstić information content (AvgIpc) is 2.89. The fraction of sp³-hybridized carbons (Fsp3) is 0.385. The molecular weight excluding hydrogens is 482 g/mol. The van der Waals surface area contributed by atoms with Gasteiger partial charge in [0.15, 0.2) is 11.5 Å². The molecule has 1 aliphatic rings. The number of ether oxygens (including phenoxy) is 2. The molecule has 5 rings (SSSR count). The smallest absolute Gasteiger partial charge is 0.330 e. The summed E-state index contributed by atoms with van der Waals surface area (Å²) in [6.45, 7) is 3.48. The molecule has 1 saturated heterocycles. The Balaban J connectivity index is 1.54. The Labute approximate surface area is 212 Å². The summed E-state index contributed by atoms with van der Waals surface area (Å²) in [5, 5.41) is 1.63. The number of methoxy groups -OCH3 is 2. The molecule has 2 aromatic carbocycles. The number of anilines is 1. The molecule has 2 aromatic heterocycles. The fourth-order valence-corrected chi connectivity index (χ4v) is 5.53. The van der Waals surface area contributed by atoms with Gasteiger partial charge in [-0.25, -0.2) is 9.78 Å². The van der Waals surface area contributed by atoms with Crippen molar-refractivity contribution in [1.29, 1.82) is 0 Å². The minimum atomic E-state index is -0.323. The number of benzene rings is 2. The molecule has 9 nitrogen and oxygen atoms in total. The molecule has 10 heteroatoms. The van der Waals surface area contributed by atoms with Crippen molar-refractivity contribution in [3.8, 4) is 11.5 Å². The van der Waals surface area contributed by atoms with E-state index in [-0.39, 0.29) is 22.5 Å². The normalized spacial score (nSPS) is 14.6. The van der Waals surface area contributed by atoms with Crippen LogP contribution in [0.2, 0.25) is 5.28 Å². The number of halogens is 1. The van der Waals surface area contributed by atoms with Gasteiger partial charge in [0.1, 0.15) is 5.82 Å². The van der Waals surface area contributed by atoms with Crippen molar-refractivity contribution in [1.82, 2.24) is 19.1 Å². The van der Waals surface area contributed by atoms with E-state index in [9.17, 15) is 9.59 Å². The lowest BCUT2D eigenvalue weighted by atomic mass is 9.84. The molecule has 0 atom stereocenters. The van der Waals surface area contributed by atoms with Crippen LogP contribution in [0.5, 0.6) is 11.5 Å². The molecule has 0 aliphatic carbocycles. The summed E-state index contributed by atoms with van der Waals surface area (Å²) in [4.78, 5) is 36.8. The van der Waals surface area contributed by atoms with Crippen molar-refractivity contribution in [3.05, 3.63) is 61.5 Å². The van der Waals surface area contributed by atoms with Crippen LogP contribution in [-0.2, 0) is 14.1 Å². The molecule has 4 aromatic rings. The van der Waals surface area contributed by atoms with Gasteiger partial charge in [0.25, 0.3) is 5.56 Å². The number of fused-ring (bicyclic) bond motifs is 2. The lowest BCUT2D eigenvalue weighted by Crippen LogP contribution is -2.38. The number of aromatic nitrogens is 4. The third kappa shape index (κ3) is 3.78. The monoisotopic (exact) mass is 509 g/mol. The highest BCUT2D eigenvalue weighted by Crippen LogP contribution is 2.39. The van der Waals surface area contributed by atoms with E-state index in [2.05, 4.69) is 14.9 Å². The maximum absolute atomic E-state index is 13.2. The predicted octanol–water partition coefficient (Wildman–Crippen LogP) is 3.54. The van der Waals surface area contributed by atoms with Gasteiger partial charge in [0.05, 0.1) is 30.6 Å². The van der Waals surface area contributed by atoms with Crippen LogP contribution < -0.4 is 25.6 Å². The molecule has 0 bridgehead atoms. The van der Waals surface area contributed by atoms with Crippen molar-refractivity contribution < 1.29 is 9.47 Å². The number of hydrogen-bond acceptors (Lipinski definition) is 7. The largest absolute Gasteiger partial charge is 0.493 e. The van der Waals surface area contributed by atoms with Crippen LogP contribution in [0, 0.1) is 6.92 Å². The molecule has 1 fully saturated rings. The van der Waals surface area contributed by atoms with Gasteiger partial charge < -0.3 is 14.4 Å². The number of rotatable bonds is 4. The first-order chi connectivity index (χ1) is 17.2. The van der Waals surface area contributed by atoms with Gasteiger partial charge in [0.2, 0.25) is 5.28 Å². The van der Waals surface area contributed by atoms with Gasteiger partial charge in [-0.05, 0) is 60.5 Å². The number of aryl methyl sites for hydroxylation is 2. The summed E-state index contributed by atoms with van der Waals surface area (Å²) in [6.07, 6.45) is 1.64. The summed E-state index contributed by atoms with van der Waals surface area (Å²) in [5.74, 6) is 2.09. The second-order valence-corrected chi connectivity index (χ2v) is 9.54. The Bertz CT molecular complexity index is 1620. The van der Waals surface area contributed by atoms with E-state index in [4.69, 9.17) is 21.1 Å². The third-order valence-corrected chi connectivity index (χ3v) is 7.42. The summed E-state index contributed by atoms with van der Waals surface area (Å²) in [6, 6.07) is 7.55. The highest BCUT2D eigenvalue weighted by molar-refractivity contribution is 6.28. The van der Waals surface area contributed by atoms with E-state index < -0.39 is 0 Å². The molecule has 0 spiro atoms. The highest BCUT2D eigenvalue weighted by atomic mass is 35.5. The molecule has 0 unspecified atom stereocenters. The molecular formula is C26H28ClN5O4. The van der Waals surface area contributed by atoms with Gasteiger partial charge in [-0.1, -0.05) is 6.07 Å². The minimum absolute atomic E-state index is 0.168. The summed E-state index contributed by atoms with van der Waals surface area (Å²) in [7, 11) is 6.42. The van der Waals surface area contributed by atoms with Crippen LogP contribution in [0.25, 0.3) is 21.8 Å². The Hall–Kier alpha value is -3.59. The van der Waals surface area contributed by atoms with Crippen LogP contribution >= 0.6 is 11.6 Å². The second kappa shape index (κ2) is 9.13. The SMILES string of the molecule is COc1cc2nc(Cl)nc(N3CCC(c4c(C)ccc5c4c(=O)n(C)c(=O)n5C)CC3)c2cc1OC. The average molecular weight is 510 g/mol. The number of nitrogens with zero attached hydrogens (tertiary/aromatic N) is 5. The third-order valence-electron chi connectivity index (χ3n) is 7.25. The molecule has 1 aliphatic heterocycles. The van der Waals surface area contributed by atoms with Gasteiger partial charge in [-0.15, -0.1) is 0 Å². The molecule has 188 valence electrons. The zero-order chi connectivity index (χ0) is 25.7. The molecule has 0 N–H and O–H groups in total. The van der Waals surface area contributed by atoms with Crippen molar-refractivity contribution in [2.24, 2.45) is 14.1 Å². The van der Waals surface area contributed by atoms with Crippen molar-refractivity contribution in [3.63, 3.8) is 0 Å². The van der Waals surface area contributed by atoms with Crippen LogP contribution in [0.4, 0.5) is 5.82 Å². The molecule has 36 heavy (non-hydrogen) atoms. The summed E-state index contributed by atoms with van der Waals surface area (Å²) in [5.41, 5.74) is 2.87. The van der Waals surface area contributed by atoms with Gasteiger partial charge in [-0.3, -0.25) is 13.9 Å². The van der Waals surface area contributed by atoms with Crippen molar-refractivity contribution in [2.45, 2.75) is 25.7 Å². The lowest BCUT2D eigenvalue weighted by molar-refractivity contribution is 0.355. The summed E-state index contributed by atoms with van der Waals surface area (Å²) < 4.78 is 13.7. The van der Waals surface area contributed by atoms with E-state index >= 15 is 0 Å². The molecule has 0 amide bonds. The predicted molar refractivity (Wildman–Crippen MR) is 141 cm³/mol. The first-order valence-electron chi connectivity index (χ1n) is 11.8.